The summed E-state index contributed by atoms with van der Waals surface area (Å²) in [4.78, 5) is 29.7. The molecule has 0 bridgehead atoms. The molecular formula is C31H34BrCl2N3O4S. The zero-order chi connectivity index (χ0) is 30.3. The predicted molar refractivity (Wildman–Crippen MR) is 172 cm³/mol. The van der Waals surface area contributed by atoms with Gasteiger partial charge in [-0.3, -0.25) is 13.9 Å². The number of hydrogen-bond donors (Lipinski definition) is 1. The van der Waals surface area contributed by atoms with Gasteiger partial charge in [-0.1, -0.05) is 101 Å². The molecule has 1 saturated carbocycles. The Kier molecular flexibility index (Phi) is 11.3. The van der Waals surface area contributed by atoms with Gasteiger partial charge < -0.3 is 10.2 Å². The first kappa shape index (κ1) is 32.3. The van der Waals surface area contributed by atoms with Crippen molar-refractivity contribution in [1.82, 2.24) is 10.2 Å². The van der Waals surface area contributed by atoms with Crippen LogP contribution in [0.15, 0.2) is 77.3 Å². The van der Waals surface area contributed by atoms with E-state index in [9.17, 15) is 18.0 Å². The van der Waals surface area contributed by atoms with E-state index in [1.165, 1.54) is 23.1 Å². The van der Waals surface area contributed by atoms with Gasteiger partial charge in [0.05, 0.1) is 11.9 Å². The summed E-state index contributed by atoms with van der Waals surface area (Å²) in [5.41, 5.74) is 1.85. The van der Waals surface area contributed by atoms with Gasteiger partial charge in [0.2, 0.25) is 21.8 Å². The van der Waals surface area contributed by atoms with Crippen LogP contribution in [0, 0.1) is 0 Å². The fourth-order valence-corrected chi connectivity index (χ4v) is 6.79. The first-order valence-corrected chi connectivity index (χ1v) is 17.2. The summed E-state index contributed by atoms with van der Waals surface area (Å²) in [6.45, 7) is -0.427. The van der Waals surface area contributed by atoms with E-state index in [0.29, 0.717) is 0 Å². The van der Waals surface area contributed by atoms with Crippen molar-refractivity contribution in [3.63, 3.8) is 0 Å². The third-order valence-electron chi connectivity index (χ3n) is 7.30. The van der Waals surface area contributed by atoms with Crippen molar-refractivity contribution in [2.45, 2.75) is 57.2 Å². The maximum absolute atomic E-state index is 14.2. The molecule has 1 aliphatic carbocycles. The highest BCUT2D eigenvalue weighted by molar-refractivity contribution is 9.10. The van der Waals surface area contributed by atoms with Gasteiger partial charge in [-0.25, -0.2) is 8.42 Å². The van der Waals surface area contributed by atoms with Crippen molar-refractivity contribution in [2.75, 3.05) is 17.1 Å². The average Bonchev–Trinajstić information content (AvgIpc) is 2.94. The van der Waals surface area contributed by atoms with Crippen molar-refractivity contribution in [1.29, 1.82) is 0 Å². The molecule has 42 heavy (non-hydrogen) atoms. The van der Waals surface area contributed by atoms with Crippen LogP contribution in [-0.4, -0.2) is 50.0 Å². The average molecular weight is 696 g/mol. The lowest BCUT2D eigenvalue weighted by Gasteiger charge is -2.35. The van der Waals surface area contributed by atoms with Crippen molar-refractivity contribution < 1.29 is 18.0 Å². The molecule has 224 valence electrons. The highest BCUT2D eigenvalue weighted by Gasteiger charge is 2.34. The maximum atomic E-state index is 14.2. The number of rotatable bonds is 11. The lowest BCUT2D eigenvalue weighted by atomic mass is 9.94. The van der Waals surface area contributed by atoms with Crippen LogP contribution >= 0.6 is 39.1 Å². The summed E-state index contributed by atoms with van der Waals surface area (Å²) < 4.78 is 27.7. The second-order valence-electron chi connectivity index (χ2n) is 10.6. The lowest BCUT2D eigenvalue weighted by molar-refractivity contribution is -0.140. The molecular weight excluding hydrogens is 661 g/mol. The SMILES string of the molecule is CS(=O)(=O)N(CC(=O)N(Cc1ccc(Br)cc1)[C@H](Cc1ccccc1)C(=O)NC1CCCCC1)c1cc(Cl)cc(Cl)c1. The van der Waals surface area contributed by atoms with E-state index in [0.717, 1.165) is 58.3 Å². The Hall–Kier alpha value is -2.59. The Morgan fingerprint density at radius 3 is 2.14 bits per heavy atom. The quantitative estimate of drug-likeness (QED) is 0.245. The largest absolute Gasteiger partial charge is 0.352 e. The maximum Gasteiger partial charge on any atom is 0.244 e. The minimum atomic E-state index is -3.92. The predicted octanol–water partition coefficient (Wildman–Crippen LogP) is 6.61. The van der Waals surface area contributed by atoms with Gasteiger partial charge in [-0.05, 0) is 54.3 Å². The number of hydrogen-bond acceptors (Lipinski definition) is 4. The summed E-state index contributed by atoms with van der Waals surface area (Å²) in [5, 5.41) is 3.66. The number of anilines is 1. The zero-order valence-electron chi connectivity index (χ0n) is 23.3. The molecule has 1 aliphatic rings. The Balaban J connectivity index is 1.73. The molecule has 0 aromatic heterocycles. The molecule has 0 aliphatic heterocycles. The second kappa shape index (κ2) is 14.7. The van der Waals surface area contributed by atoms with E-state index >= 15 is 0 Å². The zero-order valence-corrected chi connectivity index (χ0v) is 27.2. The summed E-state index contributed by atoms with van der Waals surface area (Å²) in [6.07, 6.45) is 6.30. The van der Waals surface area contributed by atoms with Crippen molar-refractivity contribution >= 4 is 66.7 Å². The monoisotopic (exact) mass is 693 g/mol. The number of nitrogens with zero attached hydrogens (tertiary/aromatic N) is 2. The third-order valence-corrected chi connectivity index (χ3v) is 9.41. The Morgan fingerprint density at radius 1 is 0.929 bits per heavy atom. The summed E-state index contributed by atoms with van der Waals surface area (Å²) in [7, 11) is -3.92. The highest BCUT2D eigenvalue weighted by Crippen LogP contribution is 2.28. The van der Waals surface area contributed by atoms with Crippen LogP contribution in [0.25, 0.3) is 0 Å². The van der Waals surface area contributed by atoms with E-state index in [-0.39, 0.29) is 40.6 Å². The van der Waals surface area contributed by atoms with Crippen LogP contribution < -0.4 is 9.62 Å². The van der Waals surface area contributed by atoms with Gasteiger partial charge in [-0.2, -0.15) is 0 Å². The summed E-state index contributed by atoms with van der Waals surface area (Å²) >= 11 is 15.8. The molecule has 11 heteroatoms. The van der Waals surface area contributed by atoms with Crippen molar-refractivity contribution in [3.8, 4) is 0 Å². The van der Waals surface area contributed by atoms with Gasteiger partial charge in [0.25, 0.3) is 0 Å². The number of carbonyl (C=O) groups excluding carboxylic acids is 2. The van der Waals surface area contributed by atoms with Gasteiger partial charge in [0, 0.05) is 33.5 Å². The number of sulfonamides is 1. The Bertz CT molecular complexity index is 1460. The van der Waals surface area contributed by atoms with Gasteiger partial charge >= 0.3 is 0 Å². The summed E-state index contributed by atoms with van der Waals surface area (Å²) in [5.74, 6) is -0.785. The second-order valence-corrected chi connectivity index (χ2v) is 14.3. The minimum Gasteiger partial charge on any atom is -0.352 e. The third kappa shape index (κ3) is 9.20. The topological polar surface area (TPSA) is 86.8 Å². The molecule has 0 spiro atoms. The van der Waals surface area contributed by atoms with Gasteiger partial charge in [0.1, 0.15) is 12.6 Å². The van der Waals surface area contributed by atoms with Crippen LogP contribution in [0.4, 0.5) is 5.69 Å². The molecule has 0 heterocycles. The van der Waals surface area contributed by atoms with E-state index in [2.05, 4.69) is 21.2 Å². The van der Waals surface area contributed by atoms with Crippen LogP contribution in [0.5, 0.6) is 0 Å². The van der Waals surface area contributed by atoms with Crippen molar-refractivity contribution in [3.05, 3.63) is 98.4 Å². The number of carbonyl (C=O) groups is 2. The Labute approximate surface area is 266 Å². The fourth-order valence-electron chi connectivity index (χ4n) is 5.18. The number of nitrogens with one attached hydrogen (secondary N) is 1. The Morgan fingerprint density at radius 2 is 1.55 bits per heavy atom. The van der Waals surface area contributed by atoms with E-state index in [1.807, 2.05) is 54.6 Å². The molecule has 3 aromatic rings. The first-order chi connectivity index (χ1) is 20.0. The highest BCUT2D eigenvalue weighted by atomic mass is 79.9. The van der Waals surface area contributed by atoms with Crippen LogP contribution in [-0.2, 0) is 32.6 Å². The van der Waals surface area contributed by atoms with E-state index in [4.69, 9.17) is 23.2 Å². The molecule has 7 nitrogen and oxygen atoms in total. The van der Waals surface area contributed by atoms with Gasteiger partial charge in [0.15, 0.2) is 0 Å². The molecule has 2 amide bonds. The first-order valence-electron chi connectivity index (χ1n) is 13.8. The molecule has 0 radical (unpaired) electrons. The molecule has 1 atom stereocenters. The molecule has 3 aromatic carbocycles. The number of amides is 2. The molecule has 1 fully saturated rings. The smallest absolute Gasteiger partial charge is 0.244 e. The number of halogens is 3. The normalized spacial score (nSPS) is 14.7. The number of benzene rings is 3. The standard InChI is InChI=1S/C31H34BrCl2N3O4S/c1-42(40,41)37(28-18-25(33)17-26(34)19-28)21-30(38)36(20-23-12-14-24(32)15-13-23)29(16-22-8-4-2-5-9-22)31(39)35-27-10-6-3-7-11-27/h2,4-5,8-9,12-15,17-19,27,29H,3,6-7,10-11,16,20-21H2,1H3,(H,35,39)/t29-/m1/s1. The van der Waals surface area contributed by atoms with E-state index < -0.39 is 28.5 Å². The molecule has 0 unspecified atom stereocenters. The van der Waals surface area contributed by atoms with Crippen LogP contribution in [0.3, 0.4) is 0 Å². The van der Waals surface area contributed by atoms with Gasteiger partial charge in [-0.15, -0.1) is 0 Å². The lowest BCUT2D eigenvalue weighted by Crippen LogP contribution is -2.55. The van der Waals surface area contributed by atoms with Crippen LogP contribution in [0.2, 0.25) is 10.0 Å². The summed E-state index contributed by atoms with van der Waals surface area (Å²) in [6, 6.07) is 20.5. The van der Waals surface area contributed by atoms with Crippen LogP contribution in [0.1, 0.15) is 43.2 Å². The molecule has 0 saturated heterocycles. The minimum absolute atomic E-state index is 0.0373. The van der Waals surface area contributed by atoms with Crippen molar-refractivity contribution in [2.24, 2.45) is 0 Å². The van der Waals surface area contributed by atoms with E-state index in [1.54, 1.807) is 0 Å². The fraction of sp³-hybridized carbons (Fsp3) is 0.355. The molecule has 1 N–H and O–H groups in total. The molecule has 4 rings (SSSR count).